The van der Waals surface area contributed by atoms with Gasteiger partial charge in [-0.2, -0.15) is 0 Å². The molecule has 4 rings (SSSR count). The quantitative estimate of drug-likeness (QED) is 0.610. The van der Waals surface area contributed by atoms with Crippen LogP contribution in [0.2, 0.25) is 0 Å². The van der Waals surface area contributed by atoms with Crippen molar-refractivity contribution in [3.8, 4) is 0 Å². The highest BCUT2D eigenvalue weighted by molar-refractivity contribution is 5.10. The molecule has 0 radical (unpaired) electrons. The van der Waals surface area contributed by atoms with Crippen LogP contribution in [-0.4, -0.2) is 10.7 Å². The highest BCUT2D eigenvalue weighted by Gasteiger charge is 2.61. The van der Waals surface area contributed by atoms with Gasteiger partial charge in [-0.3, -0.25) is 0 Å². The molecule has 0 aliphatic heterocycles. The average Bonchev–Trinajstić information content (AvgIpc) is 2.93. The van der Waals surface area contributed by atoms with E-state index in [1.165, 1.54) is 44.9 Å². The van der Waals surface area contributed by atoms with Crippen LogP contribution in [-0.2, 0) is 0 Å². The van der Waals surface area contributed by atoms with Crippen LogP contribution in [0.1, 0.15) is 98.8 Å². The van der Waals surface area contributed by atoms with E-state index in [9.17, 15) is 5.11 Å². The van der Waals surface area contributed by atoms with Crippen LogP contribution < -0.4 is 0 Å². The first-order chi connectivity index (χ1) is 11.7. The average molecular weight is 347 g/mol. The summed E-state index contributed by atoms with van der Waals surface area (Å²) in [5.74, 6) is 5.50. The fourth-order valence-corrected chi connectivity index (χ4v) is 8.78. The van der Waals surface area contributed by atoms with Crippen LogP contribution in [0.4, 0.5) is 0 Å². The van der Waals surface area contributed by atoms with Gasteiger partial charge in [0.2, 0.25) is 0 Å². The minimum absolute atomic E-state index is 0.351. The Labute approximate surface area is 156 Å². The van der Waals surface area contributed by atoms with Gasteiger partial charge in [0.05, 0.1) is 5.60 Å². The Hall–Kier alpha value is -0.0400. The van der Waals surface area contributed by atoms with E-state index in [0.717, 1.165) is 54.8 Å². The second kappa shape index (κ2) is 5.98. The fourth-order valence-electron chi connectivity index (χ4n) is 8.78. The first-order valence-corrected chi connectivity index (χ1v) is 11.5. The van der Waals surface area contributed by atoms with Gasteiger partial charge >= 0.3 is 0 Å². The van der Waals surface area contributed by atoms with Crippen molar-refractivity contribution < 1.29 is 5.11 Å². The predicted octanol–water partition coefficient (Wildman–Crippen LogP) is 6.44. The number of rotatable bonds is 2. The maximum atomic E-state index is 10.9. The number of aliphatic hydroxyl groups is 1. The Morgan fingerprint density at radius 1 is 0.880 bits per heavy atom. The van der Waals surface area contributed by atoms with Crippen molar-refractivity contribution in [2.45, 2.75) is 104 Å². The van der Waals surface area contributed by atoms with Crippen molar-refractivity contribution in [2.24, 2.45) is 46.3 Å². The van der Waals surface area contributed by atoms with Crippen molar-refractivity contribution in [3.05, 3.63) is 0 Å². The molecular weight excluding hydrogens is 304 g/mol. The third-order valence-electron chi connectivity index (χ3n) is 10.4. The SMILES string of the molecule is CC[C@]1(O)CC[C@@]2(C)[C@@H](CC[C@@H]3[C@@H]2CC[C@]2(C)[C@@H](C(C)C)CC[C@@H]32)C1. The summed E-state index contributed by atoms with van der Waals surface area (Å²) in [6.45, 7) is 12.4. The molecule has 4 fully saturated rings. The molecule has 0 aromatic carbocycles. The molecule has 0 bridgehead atoms. The molecule has 0 aromatic heterocycles. The predicted molar refractivity (Wildman–Crippen MR) is 105 cm³/mol. The molecule has 0 amide bonds. The lowest BCUT2D eigenvalue weighted by molar-refractivity contribution is -0.152. The second-order valence-corrected chi connectivity index (χ2v) is 11.4. The first kappa shape index (κ1) is 18.3. The van der Waals surface area contributed by atoms with Gasteiger partial charge in [-0.25, -0.2) is 0 Å². The third-order valence-corrected chi connectivity index (χ3v) is 10.4. The second-order valence-electron chi connectivity index (χ2n) is 11.4. The van der Waals surface area contributed by atoms with Crippen LogP contribution in [0.3, 0.4) is 0 Å². The van der Waals surface area contributed by atoms with Gasteiger partial charge in [0.25, 0.3) is 0 Å². The molecule has 1 heteroatoms. The zero-order valence-electron chi connectivity index (χ0n) is 17.5. The zero-order valence-corrected chi connectivity index (χ0v) is 17.5. The molecule has 0 unspecified atom stereocenters. The maximum absolute atomic E-state index is 10.9. The van der Waals surface area contributed by atoms with Gasteiger partial charge in [0.15, 0.2) is 0 Å². The summed E-state index contributed by atoms with van der Waals surface area (Å²) in [5, 5.41) is 10.9. The van der Waals surface area contributed by atoms with Crippen LogP contribution in [0.15, 0.2) is 0 Å². The summed E-state index contributed by atoms with van der Waals surface area (Å²) in [7, 11) is 0. The number of fused-ring (bicyclic) bond motifs is 5. The summed E-state index contributed by atoms with van der Waals surface area (Å²) in [6.07, 6.45) is 13.1. The summed E-state index contributed by atoms with van der Waals surface area (Å²) in [6, 6.07) is 0. The molecule has 144 valence electrons. The maximum Gasteiger partial charge on any atom is 0.0648 e. The molecule has 0 spiro atoms. The van der Waals surface area contributed by atoms with Gasteiger partial charge < -0.3 is 5.11 Å². The summed E-state index contributed by atoms with van der Waals surface area (Å²) in [5.41, 5.74) is 0.787. The Balaban J connectivity index is 1.58. The van der Waals surface area contributed by atoms with Crippen LogP contribution >= 0.6 is 0 Å². The van der Waals surface area contributed by atoms with Crippen LogP contribution in [0.5, 0.6) is 0 Å². The van der Waals surface area contributed by atoms with Gasteiger partial charge in [-0.1, -0.05) is 34.6 Å². The lowest BCUT2D eigenvalue weighted by atomic mass is 9.43. The zero-order chi connectivity index (χ0) is 18.0. The van der Waals surface area contributed by atoms with E-state index in [0.29, 0.717) is 10.8 Å². The highest BCUT2D eigenvalue weighted by Crippen LogP contribution is 2.68. The van der Waals surface area contributed by atoms with E-state index in [4.69, 9.17) is 0 Å². The van der Waals surface area contributed by atoms with Crippen molar-refractivity contribution in [1.29, 1.82) is 0 Å². The van der Waals surface area contributed by atoms with Crippen LogP contribution in [0, 0.1) is 46.3 Å². The molecule has 1 nitrogen and oxygen atoms in total. The van der Waals surface area contributed by atoms with Gasteiger partial charge in [0.1, 0.15) is 0 Å². The smallest absolute Gasteiger partial charge is 0.0648 e. The lowest BCUT2D eigenvalue weighted by Crippen LogP contribution is -2.56. The van der Waals surface area contributed by atoms with Crippen molar-refractivity contribution in [1.82, 2.24) is 0 Å². The van der Waals surface area contributed by atoms with E-state index >= 15 is 0 Å². The van der Waals surface area contributed by atoms with E-state index < -0.39 is 0 Å². The van der Waals surface area contributed by atoms with Crippen molar-refractivity contribution >= 4 is 0 Å². The highest BCUT2D eigenvalue weighted by atomic mass is 16.3. The van der Waals surface area contributed by atoms with Gasteiger partial charge in [-0.05, 0) is 111 Å². The Morgan fingerprint density at radius 3 is 2.28 bits per heavy atom. The standard InChI is InChI=1S/C24H42O/c1-6-24(25)14-13-22(4)17(15-24)7-8-18-20-10-9-19(16(2)3)23(20,5)12-11-21(18)22/h16-21,25H,6-15H2,1-5H3/t17-,18-,19+,20-,21-,22-,23+,24-/m0/s1. The Morgan fingerprint density at radius 2 is 1.60 bits per heavy atom. The van der Waals surface area contributed by atoms with Crippen molar-refractivity contribution in [2.75, 3.05) is 0 Å². The van der Waals surface area contributed by atoms with Crippen LogP contribution in [0.25, 0.3) is 0 Å². The molecule has 1 N–H and O–H groups in total. The molecule has 0 saturated heterocycles. The molecule has 0 heterocycles. The molecule has 4 aliphatic rings. The molecule has 25 heavy (non-hydrogen) atoms. The fraction of sp³-hybridized carbons (Fsp3) is 1.00. The first-order valence-electron chi connectivity index (χ1n) is 11.5. The van der Waals surface area contributed by atoms with E-state index in [-0.39, 0.29) is 5.60 Å². The van der Waals surface area contributed by atoms with Gasteiger partial charge in [0, 0.05) is 0 Å². The lowest BCUT2D eigenvalue weighted by Gasteiger charge is -2.62. The Bertz CT molecular complexity index is 512. The van der Waals surface area contributed by atoms with Gasteiger partial charge in [-0.15, -0.1) is 0 Å². The third kappa shape index (κ3) is 2.58. The molecule has 4 aliphatic carbocycles. The number of hydrogen-bond donors (Lipinski definition) is 1. The summed E-state index contributed by atoms with van der Waals surface area (Å²) < 4.78 is 0. The molecule has 8 atom stereocenters. The van der Waals surface area contributed by atoms with Crippen molar-refractivity contribution in [3.63, 3.8) is 0 Å². The Kier molecular flexibility index (Phi) is 4.38. The molecular formula is C24H42O. The normalized spacial score (nSPS) is 55.6. The minimum atomic E-state index is -0.351. The molecule has 0 aromatic rings. The number of hydrogen-bond acceptors (Lipinski definition) is 1. The van der Waals surface area contributed by atoms with E-state index in [2.05, 4.69) is 34.6 Å². The van der Waals surface area contributed by atoms with E-state index in [1.807, 2.05) is 0 Å². The van der Waals surface area contributed by atoms with E-state index in [1.54, 1.807) is 0 Å². The topological polar surface area (TPSA) is 20.2 Å². The monoisotopic (exact) mass is 346 g/mol. The molecule has 4 saturated carbocycles. The summed E-state index contributed by atoms with van der Waals surface area (Å²) in [4.78, 5) is 0. The minimum Gasteiger partial charge on any atom is -0.390 e. The summed E-state index contributed by atoms with van der Waals surface area (Å²) >= 11 is 0. The largest absolute Gasteiger partial charge is 0.390 e.